The molecular weight excluding hydrogens is 401 g/mol. The van der Waals surface area contributed by atoms with Gasteiger partial charge in [0.25, 0.3) is 0 Å². The molecule has 0 fully saturated rings. The van der Waals surface area contributed by atoms with Gasteiger partial charge in [-0.25, -0.2) is 4.39 Å². The third-order valence-corrected chi connectivity index (χ3v) is 4.37. The van der Waals surface area contributed by atoms with Crippen LogP contribution >= 0.6 is 15.9 Å². The molecule has 0 aliphatic carbocycles. The summed E-state index contributed by atoms with van der Waals surface area (Å²) in [5, 5.41) is 3.92. The fourth-order valence-corrected chi connectivity index (χ4v) is 2.93. The van der Waals surface area contributed by atoms with E-state index in [9.17, 15) is 4.79 Å². The number of esters is 1. The number of anilines is 1. The highest BCUT2D eigenvalue weighted by Crippen LogP contribution is 2.36. The van der Waals surface area contributed by atoms with Crippen molar-refractivity contribution in [2.24, 2.45) is 0 Å². The van der Waals surface area contributed by atoms with Crippen LogP contribution in [0.4, 0.5) is 10.1 Å². The van der Waals surface area contributed by atoms with Crippen LogP contribution in [-0.2, 0) is 16.1 Å². The maximum Gasteiger partial charge on any atom is 0.325 e. The highest BCUT2D eigenvalue weighted by Gasteiger charge is 2.16. The van der Waals surface area contributed by atoms with Crippen molar-refractivity contribution in [2.75, 3.05) is 19.0 Å². The van der Waals surface area contributed by atoms with E-state index in [0.717, 1.165) is 10.0 Å². The molecule has 0 aliphatic heterocycles. The summed E-state index contributed by atoms with van der Waals surface area (Å²) >= 11 is 3.39. The van der Waals surface area contributed by atoms with E-state index in [4.69, 9.17) is 4.74 Å². The molecule has 0 saturated carbocycles. The number of hydrogen-bond acceptors (Lipinski definition) is 4. The first-order valence-electron chi connectivity index (χ1n) is 7.97. The van der Waals surface area contributed by atoms with Crippen LogP contribution in [0.3, 0.4) is 0 Å². The zero-order chi connectivity index (χ0) is 18.5. The van der Waals surface area contributed by atoms with E-state index in [-0.39, 0.29) is 18.8 Å². The Hall–Kier alpha value is -2.60. The highest BCUT2D eigenvalue weighted by atomic mass is 79.9. The smallest absolute Gasteiger partial charge is 0.325 e. The van der Waals surface area contributed by atoms with E-state index >= 15 is 4.39 Å². The molecule has 3 rings (SSSR count). The Bertz CT molecular complexity index is 931. The predicted molar refractivity (Wildman–Crippen MR) is 103 cm³/mol. The van der Waals surface area contributed by atoms with Crippen molar-refractivity contribution in [1.29, 1.82) is 0 Å². The van der Waals surface area contributed by atoms with Crippen molar-refractivity contribution in [3.63, 3.8) is 0 Å². The molecule has 0 unspecified atom stereocenters. The van der Waals surface area contributed by atoms with E-state index in [2.05, 4.69) is 26.0 Å². The number of benzene rings is 3. The van der Waals surface area contributed by atoms with E-state index < -0.39 is 11.8 Å². The summed E-state index contributed by atoms with van der Waals surface area (Å²) in [6.07, 6.45) is 0. The maximum atomic E-state index is 15.0. The van der Waals surface area contributed by atoms with Gasteiger partial charge in [-0.15, -0.1) is 0 Å². The molecule has 0 aromatic heterocycles. The quantitative estimate of drug-likeness (QED) is 0.579. The lowest BCUT2D eigenvalue weighted by Crippen LogP contribution is -2.16. The summed E-state index contributed by atoms with van der Waals surface area (Å²) in [4.78, 5) is 11.4. The summed E-state index contributed by atoms with van der Waals surface area (Å²) in [5.41, 5.74) is 1.10. The van der Waals surface area contributed by atoms with Gasteiger partial charge in [0.15, 0.2) is 5.82 Å². The van der Waals surface area contributed by atoms with Crippen molar-refractivity contribution in [3.8, 4) is 5.75 Å². The molecule has 26 heavy (non-hydrogen) atoms. The van der Waals surface area contributed by atoms with Gasteiger partial charge in [0.1, 0.15) is 24.6 Å². The normalized spacial score (nSPS) is 10.6. The van der Waals surface area contributed by atoms with E-state index in [1.807, 2.05) is 36.4 Å². The van der Waals surface area contributed by atoms with Gasteiger partial charge >= 0.3 is 5.97 Å². The molecule has 134 valence electrons. The van der Waals surface area contributed by atoms with Crippen molar-refractivity contribution in [3.05, 3.63) is 70.5 Å². The Kier molecular flexibility index (Phi) is 5.73. The van der Waals surface area contributed by atoms with Gasteiger partial charge < -0.3 is 14.8 Å². The number of halogens is 2. The second kappa shape index (κ2) is 8.19. The molecule has 0 saturated heterocycles. The zero-order valence-electron chi connectivity index (χ0n) is 14.1. The topological polar surface area (TPSA) is 47.6 Å². The van der Waals surface area contributed by atoms with Crippen LogP contribution in [0.15, 0.2) is 59.1 Å². The molecule has 0 atom stereocenters. The number of carbonyl (C=O) groups is 1. The van der Waals surface area contributed by atoms with Crippen molar-refractivity contribution < 1.29 is 18.7 Å². The number of rotatable bonds is 6. The SMILES string of the molecule is COC(=O)CNc1c(OCc2ccccc2)cc2cc(Br)ccc2c1F. The van der Waals surface area contributed by atoms with Crippen molar-refractivity contribution in [1.82, 2.24) is 0 Å². The third-order valence-electron chi connectivity index (χ3n) is 3.88. The molecule has 4 nitrogen and oxygen atoms in total. The van der Waals surface area contributed by atoms with Gasteiger partial charge in [0, 0.05) is 9.86 Å². The number of ether oxygens (including phenoxy) is 2. The number of methoxy groups -OCH3 is 1. The third kappa shape index (κ3) is 4.14. The molecule has 0 aliphatic rings. The van der Waals surface area contributed by atoms with Crippen LogP contribution in [-0.4, -0.2) is 19.6 Å². The van der Waals surface area contributed by atoms with Crippen LogP contribution in [0.1, 0.15) is 5.56 Å². The molecule has 0 radical (unpaired) electrons. The molecule has 6 heteroatoms. The first-order valence-corrected chi connectivity index (χ1v) is 8.77. The second-order valence-electron chi connectivity index (χ2n) is 5.63. The van der Waals surface area contributed by atoms with E-state index in [1.54, 1.807) is 18.2 Å². The van der Waals surface area contributed by atoms with Crippen LogP contribution < -0.4 is 10.1 Å². The average Bonchev–Trinajstić information content (AvgIpc) is 2.66. The molecule has 0 amide bonds. The fraction of sp³-hybridized carbons (Fsp3) is 0.150. The zero-order valence-corrected chi connectivity index (χ0v) is 15.7. The molecular formula is C20H17BrFNO3. The minimum Gasteiger partial charge on any atom is -0.487 e. The summed E-state index contributed by atoms with van der Waals surface area (Å²) in [7, 11) is 1.28. The van der Waals surface area contributed by atoms with Gasteiger partial charge in [-0.1, -0.05) is 52.3 Å². The monoisotopic (exact) mass is 417 g/mol. The Balaban J connectivity index is 1.97. The van der Waals surface area contributed by atoms with Crippen LogP contribution in [0.5, 0.6) is 5.75 Å². The molecule has 1 N–H and O–H groups in total. The lowest BCUT2D eigenvalue weighted by Gasteiger charge is -2.16. The van der Waals surface area contributed by atoms with E-state index in [1.165, 1.54) is 7.11 Å². The van der Waals surface area contributed by atoms with E-state index in [0.29, 0.717) is 16.5 Å². The van der Waals surface area contributed by atoms with Gasteiger partial charge in [0.2, 0.25) is 0 Å². The molecule has 3 aromatic rings. The van der Waals surface area contributed by atoms with Gasteiger partial charge in [-0.3, -0.25) is 4.79 Å². The second-order valence-corrected chi connectivity index (χ2v) is 6.55. The summed E-state index contributed by atoms with van der Waals surface area (Å²) in [5.74, 6) is -0.628. The van der Waals surface area contributed by atoms with Gasteiger partial charge in [-0.05, 0) is 29.1 Å². The summed E-state index contributed by atoms with van der Waals surface area (Å²) < 4.78 is 26.3. The number of nitrogens with one attached hydrogen (secondary N) is 1. The minimum atomic E-state index is -0.491. The Morgan fingerprint density at radius 3 is 2.65 bits per heavy atom. The molecule has 0 heterocycles. The number of hydrogen-bond donors (Lipinski definition) is 1. The van der Waals surface area contributed by atoms with Crippen LogP contribution in [0, 0.1) is 5.82 Å². The molecule has 0 bridgehead atoms. The number of fused-ring (bicyclic) bond motifs is 1. The number of carbonyl (C=O) groups excluding carboxylic acids is 1. The van der Waals surface area contributed by atoms with Crippen molar-refractivity contribution in [2.45, 2.75) is 6.61 Å². The largest absolute Gasteiger partial charge is 0.487 e. The van der Waals surface area contributed by atoms with Crippen molar-refractivity contribution >= 4 is 38.4 Å². The minimum absolute atomic E-state index is 0.140. The average molecular weight is 418 g/mol. The van der Waals surface area contributed by atoms with Gasteiger partial charge in [-0.2, -0.15) is 0 Å². The summed E-state index contributed by atoms with van der Waals surface area (Å²) in [6, 6.07) is 16.6. The van der Waals surface area contributed by atoms with Crippen LogP contribution in [0.2, 0.25) is 0 Å². The molecule has 0 spiro atoms. The molecule has 3 aromatic carbocycles. The standard InChI is InChI=1S/C20H17BrFNO3/c1-25-18(24)11-23-20-17(26-12-13-5-3-2-4-6-13)10-14-9-15(21)7-8-16(14)19(20)22/h2-10,23H,11-12H2,1H3. The first-order chi connectivity index (χ1) is 12.6. The maximum absolute atomic E-state index is 15.0. The lowest BCUT2D eigenvalue weighted by atomic mass is 10.1. The highest BCUT2D eigenvalue weighted by molar-refractivity contribution is 9.10. The first kappa shape index (κ1) is 18.2. The summed E-state index contributed by atoms with van der Waals surface area (Å²) in [6.45, 7) is 0.129. The fourth-order valence-electron chi connectivity index (χ4n) is 2.56. The Morgan fingerprint density at radius 2 is 1.92 bits per heavy atom. The Labute approximate surface area is 159 Å². The van der Waals surface area contributed by atoms with Gasteiger partial charge in [0.05, 0.1) is 7.11 Å². The van der Waals surface area contributed by atoms with Crippen LogP contribution in [0.25, 0.3) is 10.8 Å². The Morgan fingerprint density at radius 1 is 1.15 bits per heavy atom. The predicted octanol–water partition coefficient (Wildman–Crippen LogP) is 4.91. The lowest BCUT2D eigenvalue weighted by molar-refractivity contribution is -0.138.